The lowest BCUT2D eigenvalue weighted by atomic mass is 10.1. The van der Waals surface area contributed by atoms with Gasteiger partial charge in [0.2, 0.25) is 0 Å². The third-order valence-corrected chi connectivity index (χ3v) is 5.63. The number of hydrogen-bond donors (Lipinski definition) is 1. The van der Waals surface area contributed by atoms with Crippen LogP contribution in [0.1, 0.15) is 11.1 Å². The maximum Gasteiger partial charge on any atom is 0.269 e. The highest BCUT2D eigenvalue weighted by Crippen LogP contribution is 2.30. The van der Waals surface area contributed by atoms with Gasteiger partial charge in [-0.25, -0.2) is 10.4 Å². The van der Waals surface area contributed by atoms with Crippen LogP contribution in [0.5, 0.6) is 0 Å². The molecule has 4 rings (SSSR count). The van der Waals surface area contributed by atoms with Crippen LogP contribution in [-0.2, 0) is 11.3 Å². The standard InChI is InChI=1S/C22H17N5O4S/c1-14-2-6-16(7-3-14)18-12-32-21-20(18)22(29)26(13-23-21)11-19(28)25-24-10-15-4-8-17(9-5-15)27(30)31/h2-10,12-13H,11H2,1H3,(H,25,28). The highest BCUT2D eigenvalue weighted by Gasteiger charge is 2.14. The molecule has 2 heterocycles. The van der Waals surface area contributed by atoms with Gasteiger partial charge in [-0.05, 0) is 30.2 Å². The van der Waals surface area contributed by atoms with Crippen LogP contribution in [0.25, 0.3) is 21.3 Å². The summed E-state index contributed by atoms with van der Waals surface area (Å²) in [6.07, 6.45) is 2.71. The molecule has 32 heavy (non-hydrogen) atoms. The molecule has 1 amide bonds. The van der Waals surface area contributed by atoms with Gasteiger partial charge in [0.25, 0.3) is 17.2 Å². The van der Waals surface area contributed by atoms with Crippen molar-refractivity contribution >= 4 is 39.4 Å². The monoisotopic (exact) mass is 447 g/mol. The van der Waals surface area contributed by atoms with E-state index < -0.39 is 10.8 Å². The first-order chi connectivity index (χ1) is 15.4. The molecule has 0 radical (unpaired) electrons. The lowest BCUT2D eigenvalue weighted by Crippen LogP contribution is -2.30. The Kier molecular flexibility index (Phi) is 5.86. The fourth-order valence-electron chi connectivity index (χ4n) is 3.08. The molecule has 1 N–H and O–H groups in total. The van der Waals surface area contributed by atoms with Crippen LogP contribution in [0.15, 0.2) is 70.1 Å². The van der Waals surface area contributed by atoms with Crippen LogP contribution >= 0.6 is 11.3 Å². The Morgan fingerprint density at radius 3 is 2.62 bits per heavy atom. The molecule has 0 bridgehead atoms. The Bertz CT molecular complexity index is 1390. The van der Waals surface area contributed by atoms with Crippen molar-refractivity contribution in [2.75, 3.05) is 0 Å². The minimum absolute atomic E-state index is 0.0353. The Morgan fingerprint density at radius 2 is 1.94 bits per heavy atom. The number of fused-ring (bicyclic) bond motifs is 1. The number of non-ortho nitro benzene ring substituents is 1. The van der Waals surface area contributed by atoms with E-state index in [4.69, 9.17) is 0 Å². The number of aromatic nitrogens is 2. The molecule has 4 aromatic rings. The second-order valence-corrected chi connectivity index (χ2v) is 7.87. The molecule has 10 heteroatoms. The van der Waals surface area contributed by atoms with Crippen molar-refractivity contribution in [2.45, 2.75) is 13.5 Å². The summed E-state index contributed by atoms with van der Waals surface area (Å²) in [5.41, 5.74) is 5.41. The van der Waals surface area contributed by atoms with Crippen molar-refractivity contribution < 1.29 is 9.72 Å². The topological polar surface area (TPSA) is 119 Å². The summed E-state index contributed by atoms with van der Waals surface area (Å²) in [6, 6.07) is 13.6. The van der Waals surface area contributed by atoms with Crippen molar-refractivity contribution in [1.29, 1.82) is 0 Å². The molecule has 2 aromatic heterocycles. The van der Waals surface area contributed by atoms with E-state index in [0.717, 1.165) is 16.7 Å². The molecule has 2 aromatic carbocycles. The Balaban J connectivity index is 1.50. The van der Waals surface area contributed by atoms with Gasteiger partial charge in [0.15, 0.2) is 0 Å². The molecule has 0 saturated carbocycles. The smallest absolute Gasteiger partial charge is 0.269 e. The van der Waals surface area contributed by atoms with Crippen molar-refractivity contribution in [2.24, 2.45) is 5.10 Å². The average molecular weight is 447 g/mol. The summed E-state index contributed by atoms with van der Waals surface area (Å²) in [5, 5.41) is 16.9. The number of aryl methyl sites for hydroxylation is 1. The number of rotatable bonds is 6. The van der Waals surface area contributed by atoms with Gasteiger partial charge in [-0.15, -0.1) is 11.3 Å². The van der Waals surface area contributed by atoms with E-state index in [-0.39, 0.29) is 17.8 Å². The van der Waals surface area contributed by atoms with Gasteiger partial charge in [0.1, 0.15) is 11.4 Å². The maximum atomic E-state index is 13.0. The number of hydrazone groups is 1. The normalized spacial score (nSPS) is 11.2. The van der Waals surface area contributed by atoms with Crippen molar-refractivity contribution in [1.82, 2.24) is 15.0 Å². The molecule has 0 spiro atoms. The van der Waals surface area contributed by atoms with E-state index in [2.05, 4.69) is 15.5 Å². The number of benzene rings is 2. The second kappa shape index (κ2) is 8.90. The Labute approximate surface area is 185 Å². The minimum atomic E-state index is -0.501. The number of nitrogens with zero attached hydrogens (tertiary/aromatic N) is 4. The molecular weight excluding hydrogens is 430 g/mol. The van der Waals surface area contributed by atoms with Gasteiger partial charge in [0.05, 0.1) is 22.9 Å². The zero-order chi connectivity index (χ0) is 22.7. The zero-order valence-electron chi connectivity index (χ0n) is 16.9. The molecule has 0 fully saturated rings. The van der Waals surface area contributed by atoms with E-state index in [1.54, 1.807) is 0 Å². The average Bonchev–Trinajstić information content (AvgIpc) is 3.21. The fraction of sp³-hybridized carbons (Fsp3) is 0.0909. The highest BCUT2D eigenvalue weighted by molar-refractivity contribution is 7.17. The van der Waals surface area contributed by atoms with E-state index in [0.29, 0.717) is 15.8 Å². The third kappa shape index (κ3) is 4.44. The number of carbonyl (C=O) groups excluding carboxylic acids is 1. The van der Waals surface area contributed by atoms with Gasteiger partial charge in [0, 0.05) is 23.1 Å². The molecule has 160 valence electrons. The molecule has 0 atom stereocenters. The van der Waals surface area contributed by atoms with Gasteiger partial charge in [-0.1, -0.05) is 29.8 Å². The minimum Gasteiger partial charge on any atom is -0.289 e. The van der Waals surface area contributed by atoms with Gasteiger partial charge < -0.3 is 0 Å². The second-order valence-electron chi connectivity index (χ2n) is 7.01. The van der Waals surface area contributed by atoms with Gasteiger partial charge in [-0.3, -0.25) is 24.3 Å². The first kappa shape index (κ1) is 21.1. The molecule has 0 aliphatic rings. The first-order valence-electron chi connectivity index (χ1n) is 9.52. The molecule has 0 aliphatic carbocycles. The summed E-state index contributed by atoms with van der Waals surface area (Å²) in [6.45, 7) is 1.75. The van der Waals surface area contributed by atoms with Crippen LogP contribution < -0.4 is 11.0 Å². The van der Waals surface area contributed by atoms with Crippen LogP contribution in [0, 0.1) is 17.0 Å². The third-order valence-electron chi connectivity index (χ3n) is 4.74. The number of nitro benzene ring substituents is 1. The number of thiophene rings is 1. The lowest BCUT2D eigenvalue weighted by Gasteiger charge is -2.05. The number of amides is 1. The summed E-state index contributed by atoms with van der Waals surface area (Å²) in [4.78, 5) is 40.4. The number of hydrogen-bond acceptors (Lipinski definition) is 7. The van der Waals surface area contributed by atoms with Crippen LogP contribution in [0.4, 0.5) is 5.69 Å². The lowest BCUT2D eigenvalue weighted by molar-refractivity contribution is -0.384. The molecule has 0 saturated heterocycles. The first-order valence-corrected chi connectivity index (χ1v) is 10.4. The number of nitrogens with one attached hydrogen (secondary N) is 1. The fourth-order valence-corrected chi connectivity index (χ4v) is 3.98. The van der Waals surface area contributed by atoms with Crippen molar-refractivity contribution in [3.05, 3.63) is 91.8 Å². The Hall–Kier alpha value is -4.18. The van der Waals surface area contributed by atoms with Crippen molar-refractivity contribution in [3.63, 3.8) is 0 Å². The summed E-state index contributed by atoms with van der Waals surface area (Å²) in [5.74, 6) is -0.501. The molecule has 9 nitrogen and oxygen atoms in total. The summed E-state index contributed by atoms with van der Waals surface area (Å²) in [7, 11) is 0. The largest absolute Gasteiger partial charge is 0.289 e. The molecular formula is C22H17N5O4S. The quantitative estimate of drug-likeness (QED) is 0.276. The van der Waals surface area contributed by atoms with E-state index in [1.165, 1.54) is 52.7 Å². The van der Waals surface area contributed by atoms with E-state index >= 15 is 0 Å². The van der Waals surface area contributed by atoms with Gasteiger partial charge >= 0.3 is 0 Å². The SMILES string of the molecule is Cc1ccc(-c2csc3ncn(CC(=O)NN=Cc4ccc([N+](=O)[O-])cc4)c(=O)c23)cc1. The van der Waals surface area contributed by atoms with Crippen LogP contribution in [0.2, 0.25) is 0 Å². The molecule has 0 aliphatic heterocycles. The molecule has 0 unspecified atom stereocenters. The van der Waals surface area contributed by atoms with E-state index in [1.807, 2.05) is 36.6 Å². The number of carbonyl (C=O) groups is 1. The van der Waals surface area contributed by atoms with Gasteiger partial charge in [-0.2, -0.15) is 5.10 Å². The predicted octanol–water partition coefficient (Wildman–Crippen LogP) is 3.49. The van der Waals surface area contributed by atoms with Crippen molar-refractivity contribution in [3.8, 4) is 11.1 Å². The number of nitro groups is 1. The maximum absolute atomic E-state index is 13.0. The van der Waals surface area contributed by atoms with Crippen LogP contribution in [0.3, 0.4) is 0 Å². The van der Waals surface area contributed by atoms with Crippen LogP contribution in [-0.4, -0.2) is 26.6 Å². The Morgan fingerprint density at radius 1 is 1.22 bits per heavy atom. The summed E-state index contributed by atoms with van der Waals surface area (Å²) < 4.78 is 1.24. The summed E-state index contributed by atoms with van der Waals surface area (Å²) >= 11 is 1.38. The van der Waals surface area contributed by atoms with E-state index in [9.17, 15) is 19.7 Å². The highest BCUT2D eigenvalue weighted by atomic mass is 32.1. The zero-order valence-corrected chi connectivity index (χ0v) is 17.7. The predicted molar refractivity (Wildman–Crippen MR) is 123 cm³/mol.